The second-order valence-corrected chi connectivity index (χ2v) is 6.30. The largest absolute Gasteiger partial charge is 0.336 e. The fraction of sp³-hybridized carbons (Fsp3) is 0.263. The van der Waals surface area contributed by atoms with E-state index in [4.69, 9.17) is 4.52 Å². The van der Waals surface area contributed by atoms with Crippen molar-refractivity contribution in [3.05, 3.63) is 52.3 Å². The molecule has 0 unspecified atom stereocenters. The van der Waals surface area contributed by atoms with E-state index in [-0.39, 0.29) is 11.7 Å². The number of nitrogens with zero attached hydrogens (tertiary/aromatic N) is 2. The normalized spacial score (nSPS) is 13.0. The van der Waals surface area contributed by atoms with Gasteiger partial charge in [-0.05, 0) is 50.8 Å². The number of nitrogens with one attached hydrogen (secondary N) is 1. The van der Waals surface area contributed by atoms with Crippen molar-refractivity contribution in [3.63, 3.8) is 0 Å². The lowest BCUT2D eigenvalue weighted by Crippen LogP contribution is -2.16. The third kappa shape index (κ3) is 2.59. The van der Waals surface area contributed by atoms with Crippen molar-refractivity contribution >= 4 is 28.5 Å². The van der Waals surface area contributed by atoms with E-state index in [9.17, 15) is 9.59 Å². The molecule has 3 aromatic rings. The van der Waals surface area contributed by atoms with Crippen LogP contribution in [-0.2, 0) is 12.8 Å². The lowest BCUT2D eigenvalue weighted by atomic mass is 10.0. The number of hydrogen-bond donors (Lipinski definition) is 1. The predicted octanol–water partition coefficient (Wildman–Crippen LogP) is 3.47. The van der Waals surface area contributed by atoms with Gasteiger partial charge >= 0.3 is 0 Å². The minimum absolute atomic E-state index is 0.0434. The highest BCUT2D eigenvalue weighted by atomic mass is 16.5. The van der Waals surface area contributed by atoms with Gasteiger partial charge < -0.3 is 9.84 Å². The van der Waals surface area contributed by atoms with Crippen LogP contribution in [0.5, 0.6) is 0 Å². The Morgan fingerprint density at radius 3 is 2.88 bits per heavy atom. The zero-order chi connectivity index (χ0) is 17.6. The van der Waals surface area contributed by atoms with Gasteiger partial charge in [0.05, 0.1) is 16.6 Å². The fourth-order valence-electron chi connectivity index (χ4n) is 3.38. The topological polar surface area (TPSA) is 85.1 Å². The third-order valence-corrected chi connectivity index (χ3v) is 4.58. The van der Waals surface area contributed by atoms with Crippen molar-refractivity contribution < 1.29 is 14.1 Å². The van der Waals surface area contributed by atoms with Crippen LogP contribution in [0, 0.1) is 6.92 Å². The van der Waals surface area contributed by atoms with Gasteiger partial charge in [-0.2, -0.15) is 0 Å². The van der Waals surface area contributed by atoms with Crippen molar-refractivity contribution in [1.29, 1.82) is 0 Å². The number of carbonyl (C=O) groups is 2. The number of carbonyl (C=O) groups excluding carboxylic acids is 2. The molecule has 126 valence electrons. The first-order chi connectivity index (χ1) is 12.0. The van der Waals surface area contributed by atoms with Crippen LogP contribution < -0.4 is 5.32 Å². The van der Waals surface area contributed by atoms with Crippen LogP contribution in [0.25, 0.3) is 11.1 Å². The summed E-state index contributed by atoms with van der Waals surface area (Å²) in [6.07, 6.45) is 2.63. The van der Waals surface area contributed by atoms with Crippen LogP contribution in [-0.4, -0.2) is 21.8 Å². The molecule has 1 amide bonds. The highest BCUT2D eigenvalue weighted by Crippen LogP contribution is 2.32. The molecule has 6 heteroatoms. The highest BCUT2D eigenvalue weighted by Gasteiger charge is 2.27. The Kier molecular flexibility index (Phi) is 3.60. The maximum atomic E-state index is 13.0. The molecular weight excluding hydrogens is 318 g/mol. The van der Waals surface area contributed by atoms with Crippen LogP contribution in [0.2, 0.25) is 0 Å². The van der Waals surface area contributed by atoms with Crippen LogP contribution in [0.4, 0.5) is 5.69 Å². The Morgan fingerprint density at radius 2 is 2.08 bits per heavy atom. The second kappa shape index (κ2) is 5.81. The molecule has 0 radical (unpaired) electrons. The summed E-state index contributed by atoms with van der Waals surface area (Å²) in [7, 11) is 0. The van der Waals surface area contributed by atoms with Gasteiger partial charge in [-0.15, -0.1) is 0 Å². The van der Waals surface area contributed by atoms with Crippen molar-refractivity contribution in [1.82, 2.24) is 10.1 Å². The number of Topliss-reactive ketones (excluding diaryl/α,β-unsaturated/α-hetero) is 1. The lowest BCUT2D eigenvalue weighted by Gasteiger charge is -2.11. The van der Waals surface area contributed by atoms with E-state index in [0.717, 1.165) is 30.5 Å². The maximum Gasteiger partial charge on any atom is 0.259 e. The Balaban J connectivity index is 1.79. The molecule has 0 saturated carbocycles. The summed E-state index contributed by atoms with van der Waals surface area (Å²) in [6, 6.07) is 6.93. The molecule has 2 aromatic heterocycles. The van der Waals surface area contributed by atoms with Crippen molar-refractivity contribution in [3.8, 4) is 0 Å². The second-order valence-electron chi connectivity index (χ2n) is 6.30. The van der Waals surface area contributed by atoms with E-state index in [2.05, 4.69) is 15.5 Å². The molecular formula is C19H17N3O3. The van der Waals surface area contributed by atoms with Gasteiger partial charge in [-0.3, -0.25) is 9.59 Å². The quantitative estimate of drug-likeness (QED) is 0.741. The van der Waals surface area contributed by atoms with Gasteiger partial charge in [0.15, 0.2) is 5.78 Å². The number of anilines is 1. The summed E-state index contributed by atoms with van der Waals surface area (Å²) in [4.78, 5) is 29.1. The lowest BCUT2D eigenvalue weighted by molar-refractivity contribution is 0.101. The standard InChI is InChI=1S/C19H17N3O3/c1-10-16-17(14-7-4-8-15(14)21-19(16)25-22-10)18(24)20-13-6-3-5-12(9-13)11(2)23/h3,5-6,9H,4,7-8H2,1-2H3,(H,20,24). The molecule has 25 heavy (non-hydrogen) atoms. The zero-order valence-corrected chi connectivity index (χ0v) is 14.0. The number of hydrogen-bond acceptors (Lipinski definition) is 5. The number of rotatable bonds is 3. The van der Waals surface area contributed by atoms with Gasteiger partial charge in [-0.25, -0.2) is 4.98 Å². The average Bonchev–Trinajstić information content (AvgIpc) is 3.20. The summed E-state index contributed by atoms with van der Waals surface area (Å²) in [5.74, 6) is -0.268. The maximum absolute atomic E-state index is 13.0. The number of aromatic nitrogens is 2. The summed E-state index contributed by atoms with van der Waals surface area (Å²) in [5, 5.41) is 7.53. The van der Waals surface area contributed by atoms with Crippen molar-refractivity contribution in [2.24, 2.45) is 0 Å². The fourth-order valence-corrected chi connectivity index (χ4v) is 3.38. The number of pyridine rings is 1. The first-order valence-electron chi connectivity index (χ1n) is 8.24. The van der Waals surface area contributed by atoms with E-state index in [0.29, 0.717) is 33.6 Å². The summed E-state index contributed by atoms with van der Waals surface area (Å²) >= 11 is 0. The number of amides is 1. The molecule has 0 bridgehead atoms. The SMILES string of the molecule is CC(=O)c1cccc(NC(=O)c2c3c(nc4onc(C)c24)CCC3)c1. The van der Waals surface area contributed by atoms with Gasteiger partial charge in [0.25, 0.3) is 11.6 Å². The number of ketones is 1. The highest BCUT2D eigenvalue weighted by molar-refractivity contribution is 6.14. The summed E-state index contributed by atoms with van der Waals surface area (Å²) in [6.45, 7) is 3.31. The monoisotopic (exact) mass is 335 g/mol. The van der Waals surface area contributed by atoms with E-state index in [1.165, 1.54) is 6.92 Å². The molecule has 1 aromatic carbocycles. The summed E-state index contributed by atoms with van der Waals surface area (Å²) in [5.41, 5.74) is 4.67. The first kappa shape index (κ1) is 15.5. The molecule has 1 aliphatic carbocycles. The minimum Gasteiger partial charge on any atom is -0.336 e. The minimum atomic E-state index is -0.224. The van der Waals surface area contributed by atoms with Gasteiger partial charge in [0.2, 0.25) is 0 Å². The van der Waals surface area contributed by atoms with E-state index in [1.807, 2.05) is 6.92 Å². The van der Waals surface area contributed by atoms with E-state index >= 15 is 0 Å². The van der Waals surface area contributed by atoms with Gasteiger partial charge in [-0.1, -0.05) is 17.3 Å². The van der Waals surface area contributed by atoms with Crippen LogP contribution >= 0.6 is 0 Å². The van der Waals surface area contributed by atoms with E-state index < -0.39 is 0 Å². The molecule has 0 fully saturated rings. The van der Waals surface area contributed by atoms with Gasteiger partial charge in [0, 0.05) is 16.9 Å². The Labute approximate surface area is 144 Å². The Morgan fingerprint density at radius 1 is 1.24 bits per heavy atom. The summed E-state index contributed by atoms with van der Waals surface area (Å²) < 4.78 is 5.28. The molecule has 0 atom stereocenters. The molecule has 1 N–H and O–H groups in total. The molecule has 6 nitrogen and oxygen atoms in total. The van der Waals surface area contributed by atoms with Crippen LogP contribution in [0.1, 0.15) is 51.0 Å². The molecule has 0 spiro atoms. The Hall–Kier alpha value is -3.02. The molecule has 4 rings (SSSR count). The van der Waals surface area contributed by atoms with E-state index in [1.54, 1.807) is 24.3 Å². The molecule has 0 saturated heterocycles. The predicted molar refractivity (Wildman–Crippen MR) is 93.0 cm³/mol. The van der Waals surface area contributed by atoms with Crippen molar-refractivity contribution in [2.45, 2.75) is 33.1 Å². The van der Waals surface area contributed by atoms with Crippen LogP contribution in [0.15, 0.2) is 28.8 Å². The molecule has 1 aliphatic rings. The Bertz CT molecular complexity index is 1020. The first-order valence-corrected chi connectivity index (χ1v) is 8.24. The number of benzene rings is 1. The average molecular weight is 335 g/mol. The number of aryl methyl sites for hydroxylation is 2. The third-order valence-electron chi connectivity index (χ3n) is 4.58. The smallest absolute Gasteiger partial charge is 0.259 e. The van der Waals surface area contributed by atoms with Crippen molar-refractivity contribution in [2.75, 3.05) is 5.32 Å². The van der Waals surface area contributed by atoms with Crippen LogP contribution in [0.3, 0.4) is 0 Å². The molecule has 0 aliphatic heterocycles. The van der Waals surface area contributed by atoms with Gasteiger partial charge in [0.1, 0.15) is 0 Å². The zero-order valence-electron chi connectivity index (χ0n) is 14.0. The molecule has 2 heterocycles. The number of fused-ring (bicyclic) bond motifs is 2.